The third-order valence-electron chi connectivity index (χ3n) is 5.45. The molecule has 0 aromatic heterocycles. The normalized spacial score (nSPS) is 28.4. The molecule has 0 radical (unpaired) electrons. The maximum Gasteiger partial charge on any atom is 0.191 e. The van der Waals surface area contributed by atoms with Crippen LogP contribution in [0, 0.1) is 11.8 Å². The summed E-state index contributed by atoms with van der Waals surface area (Å²) in [6.45, 7) is 19.2. The molecular formula is C19H40IN5. The average molecular weight is 465 g/mol. The van der Waals surface area contributed by atoms with Gasteiger partial charge in [0.2, 0.25) is 0 Å². The first kappa shape index (κ1) is 23.0. The van der Waals surface area contributed by atoms with Crippen LogP contribution in [-0.2, 0) is 0 Å². The molecule has 0 spiro atoms. The minimum absolute atomic E-state index is 0. The molecule has 2 aliphatic heterocycles. The number of guanidine groups is 1. The number of hydrogen-bond donors (Lipinski definition) is 2. The van der Waals surface area contributed by atoms with Crippen molar-refractivity contribution in [3.63, 3.8) is 0 Å². The molecule has 2 N–H and O–H groups in total. The Kier molecular flexibility index (Phi) is 10.6. The fourth-order valence-corrected chi connectivity index (χ4v) is 3.91. The van der Waals surface area contributed by atoms with E-state index in [1.165, 1.54) is 39.0 Å². The molecule has 0 aliphatic carbocycles. The molecule has 5 nitrogen and oxygen atoms in total. The molecule has 25 heavy (non-hydrogen) atoms. The van der Waals surface area contributed by atoms with Gasteiger partial charge in [0.05, 0.1) is 0 Å². The predicted molar refractivity (Wildman–Crippen MR) is 119 cm³/mol. The van der Waals surface area contributed by atoms with E-state index in [2.05, 4.69) is 55.1 Å². The molecular weight excluding hydrogens is 425 g/mol. The van der Waals surface area contributed by atoms with Crippen LogP contribution in [0.3, 0.4) is 0 Å². The molecule has 0 aromatic carbocycles. The van der Waals surface area contributed by atoms with Crippen LogP contribution in [0.1, 0.15) is 47.5 Å². The Morgan fingerprint density at radius 3 is 2.56 bits per heavy atom. The molecule has 3 atom stereocenters. The van der Waals surface area contributed by atoms with E-state index in [1.54, 1.807) is 0 Å². The van der Waals surface area contributed by atoms with E-state index in [4.69, 9.17) is 4.99 Å². The lowest BCUT2D eigenvalue weighted by Gasteiger charge is -2.22. The number of likely N-dealkylation sites (tertiary alicyclic amines) is 2. The molecule has 6 heteroatoms. The number of aliphatic imine (C=N–C) groups is 1. The summed E-state index contributed by atoms with van der Waals surface area (Å²) in [6.07, 6.45) is 2.55. The Labute approximate surface area is 172 Å². The van der Waals surface area contributed by atoms with Crippen molar-refractivity contribution in [3.8, 4) is 0 Å². The van der Waals surface area contributed by atoms with Crippen molar-refractivity contribution in [1.29, 1.82) is 0 Å². The van der Waals surface area contributed by atoms with Crippen molar-refractivity contribution < 1.29 is 0 Å². The van der Waals surface area contributed by atoms with Crippen LogP contribution in [0.4, 0.5) is 0 Å². The van der Waals surface area contributed by atoms with Gasteiger partial charge in [-0.25, -0.2) is 0 Å². The summed E-state index contributed by atoms with van der Waals surface area (Å²) < 4.78 is 0. The molecule has 0 aromatic rings. The van der Waals surface area contributed by atoms with Crippen molar-refractivity contribution >= 4 is 29.9 Å². The zero-order chi connectivity index (χ0) is 17.5. The van der Waals surface area contributed by atoms with Gasteiger partial charge in [-0.15, -0.1) is 24.0 Å². The van der Waals surface area contributed by atoms with E-state index in [1.807, 2.05) is 0 Å². The Morgan fingerprint density at radius 1 is 1.20 bits per heavy atom. The van der Waals surface area contributed by atoms with Gasteiger partial charge in [0, 0.05) is 44.8 Å². The predicted octanol–water partition coefficient (Wildman–Crippen LogP) is 2.62. The van der Waals surface area contributed by atoms with Crippen LogP contribution in [0.25, 0.3) is 0 Å². The Hall–Kier alpha value is -0.0800. The molecule has 0 bridgehead atoms. The fourth-order valence-electron chi connectivity index (χ4n) is 3.91. The second-order valence-electron chi connectivity index (χ2n) is 7.95. The van der Waals surface area contributed by atoms with E-state index in [0.29, 0.717) is 18.0 Å². The smallest absolute Gasteiger partial charge is 0.191 e. The molecule has 3 unspecified atom stereocenters. The van der Waals surface area contributed by atoms with Crippen LogP contribution in [0.5, 0.6) is 0 Å². The zero-order valence-electron chi connectivity index (χ0n) is 16.9. The molecule has 2 aliphatic rings. The number of halogens is 1. The third kappa shape index (κ3) is 7.21. The Balaban J connectivity index is 0.00000312. The number of rotatable bonds is 7. The number of nitrogens with zero attached hydrogens (tertiary/aromatic N) is 3. The topological polar surface area (TPSA) is 42.9 Å². The minimum atomic E-state index is 0. The van der Waals surface area contributed by atoms with Gasteiger partial charge in [0.1, 0.15) is 0 Å². The second-order valence-corrected chi connectivity index (χ2v) is 7.95. The highest BCUT2D eigenvalue weighted by Crippen LogP contribution is 2.19. The highest BCUT2D eigenvalue weighted by atomic mass is 127. The van der Waals surface area contributed by atoms with E-state index < -0.39 is 0 Å². The SMILES string of the molecule is CCCN1CCC(CN=C(NCC)NC2CN(C(C)C)CC2C)C1.I. The van der Waals surface area contributed by atoms with Gasteiger partial charge in [0.25, 0.3) is 0 Å². The molecule has 0 saturated carbocycles. The maximum absolute atomic E-state index is 4.91. The van der Waals surface area contributed by atoms with Crippen molar-refractivity contribution in [2.45, 2.75) is 59.5 Å². The second kappa shape index (κ2) is 11.6. The van der Waals surface area contributed by atoms with Gasteiger partial charge >= 0.3 is 0 Å². The van der Waals surface area contributed by atoms with Crippen LogP contribution in [-0.4, -0.2) is 73.7 Å². The summed E-state index contributed by atoms with van der Waals surface area (Å²) in [4.78, 5) is 10.1. The van der Waals surface area contributed by atoms with Gasteiger partial charge in [-0.2, -0.15) is 0 Å². The van der Waals surface area contributed by atoms with Crippen LogP contribution in [0.15, 0.2) is 4.99 Å². The molecule has 0 amide bonds. The van der Waals surface area contributed by atoms with Crippen molar-refractivity contribution in [2.75, 3.05) is 45.8 Å². The van der Waals surface area contributed by atoms with Gasteiger partial charge in [0.15, 0.2) is 5.96 Å². The summed E-state index contributed by atoms with van der Waals surface area (Å²) in [7, 11) is 0. The lowest BCUT2D eigenvalue weighted by molar-refractivity contribution is 0.265. The van der Waals surface area contributed by atoms with Crippen LogP contribution < -0.4 is 10.6 Å². The highest BCUT2D eigenvalue weighted by molar-refractivity contribution is 14.0. The van der Waals surface area contributed by atoms with Gasteiger partial charge in [-0.3, -0.25) is 9.89 Å². The number of hydrogen-bond acceptors (Lipinski definition) is 3. The molecule has 2 fully saturated rings. The van der Waals surface area contributed by atoms with Crippen LogP contribution >= 0.6 is 24.0 Å². The lowest BCUT2D eigenvalue weighted by Crippen LogP contribution is -2.47. The largest absolute Gasteiger partial charge is 0.357 e. The first-order valence-electron chi connectivity index (χ1n) is 10.0. The summed E-state index contributed by atoms with van der Waals surface area (Å²) in [5, 5.41) is 7.14. The molecule has 2 heterocycles. The van der Waals surface area contributed by atoms with E-state index in [0.717, 1.165) is 31.5 Å². The van der Waals surface area contributed by atoms with Crippen molar-refractivity contribution in [2.24, 2.45) is 16.8 Å². The molecule has 2 saturated heterocycles. The van der Waals surface area contributed by atoms with Gasteiger partial charge in [-0.05, 0) is 58.5 Å². The lowest BCUT2D eigenvalue weighted by atomic mass is 10.1. The van der Waals surface area contributed by atoms with Crippen molar-refractivity contribution in [1.82, 2.24) is 20.4 Å². The molecule has 2 rings (SSSR count). The fraction of sp³-hybridized carbons (Fsp3) is 0.947. The zero-order valence-corrected chi connectivity index (χ0v) is 19.3. The van der Waals surface area contributed by atoms with Gasteiger partial charge < -0.3 is 15.5 Å². The van der Waals surface area contributed by atoms with E-state index in [9.17, 15) is 0 Å². The number of nitrogens with one attached hydrogen (secondary N) is 2. The summed E-state index contributed by atoms with van der Waals surface area (Å²) >= 11 is 0. The average Bonchev–Trinajstić information content (AvgIpc) is 3.13. The van der Waals surface area contributed by atoms with Crippen molar-refractivity contribution in [3.05, 3.63) is 0 Å². The van der Waals surface area contributed by atoms with Crippen LogP contribution in [0.2, 0.25) is 0 Å². The molecule has 148 valence electrons. The first-order chi connectivity index (χ1) is 11.5. The Bertz CT molecular complexity index is 401. The van der Waals surface area contributed by atoms with E-state index in [-0.39, 0.29) is 24.0 Å². The third-order valence-corrected chi connectivity index (χ3v) is 5.45. The minimum Gasteiger partial charge on any atom is -0.357 e. The van der Waals surface area contributed by atoms with Gasteiger partial charge in [-0.1, -0.05) is 13.8 Å². The first-order valence-corrected chi connectivity index (χ1v) is 10.0. The highest BCUT2D eigenvalue weighted by Gasteiger charge is 2.31. The maximum atomic E-state index is 4.91. The summed E-state index contributed by atoms with van der Waals surface area (Å²) in [5.41, 5.74) is 0. The summed E-state index contributed by atoms with van der Waals surface area (Å²) in [6, 6.07) is 1.13. The standard InChI is InChI=1S/C19H39N5.HI/c1-6-9-23-10-8-17(13-23)11-21-19(20-7-2)22-18-14-24(15(3)4)12-16(18)5;/h15-18H,6-14H2,1-5H3,(H2,20,21,22);1H. The summed E-state index contributed by atoms with van der Waals surface area (Å²) in [5.74, 6) is 2.40. The van der Waals surface area contributed by atoms with E-state index >= 15 is 0 Å². The Morgan fingerprint density at radius 2 is 1.96 bits per heavy atom. The monoisotopic (exact) mass is 465 g/mol. The quantitative estimate of drug-likeness (QED) is 0.345.